The number of likely N-dealkylation sites (tertiary alicyclic amines) is 1. The van der Waals surface area contributed by atoms with Crippen molar-refractivity contribution in [2.45, 2.75) is 38.6 Å². The summed E-state index contributed by atoms with van der Waals surface area (Å²) in [6, 6.07) is 0.468. The third-order valence-corrected chi connectivity index (χ3v) is 2.36. The standard InChI is InChI=1S/C8H17N3/c1-7-5-3-2-4-6-11(7)8(9)10/h7H,2-6H2,1H3,(H3,9,10). The smallest absolute Gasteiger partial charge is 0.188 e. The molecule has 3 N–H and O–H groups in total. The summed E-state index contributed by atoms with van der Waals surface area (Å²) in [5.41, 5.74) is 5.44. The van der Waals surface area contributed by atoms with Gasteiger partial charge in [0.1, 0.15) is 0 Å². The van der Waals surface area contributed by atoms with Gasteiger partial charge in [0.05, 0.1) is 0 Å². The molecular formula is C8H17N3. The van der Waals surface area contributed by atoms with E-state index in [1.807, 2.05) is 4.90 Å². The number of rotatable bonds is 0. The van der Waals surface area contributed by atoms with Gasteiger partial charge in [-0.2, -0.15) is 0 Å². The second-order valence-corrected chi connectivity index (χ2v) is 3.28. The predicted octanol–water partition coefficient (Wildman–Crippen LogP) is 1.14. The van der Waals surface area contributed by atoms with Crippen molar-refractivity contribution in [3.05, 3.63) is 0 Å². The highest BCUT2D eigenvalue weighted by Crippen LogP contribution is 2.15. The summed E-state index contributed by atoms with van der Waals surface area (Å²) in [5.74, 6) is 0.236. The normalized spacial score (nSPS) is 26.3. The van der Waals surface area contributed by atoms with Crippen LogP contribution in [-0.4, -0.2) is 23.4 Å². The molecule has 0 aliphatic carbocycles. The first kappa shape index (κ1) is 8.37. The fourth-order valence-electron chi connectivity index (χ4n) is 1.63. The molecule has 1 saturated heterocycles. The fourth-order valence-corrected chi connectivity index (χ4v) is 1.63. The van der Waals surface area contributed by atoms with E-state index in [2.05, 4.69) is 6.92 Å². The van der Waals surface area contributed by atoms with Crippen LogP contribution in [0.25, 0.3) is 0 Å². The highest BCUT2D eigenvalue weighted by Gasteiger charge is 2.16. The van der Waals surface area contributed by atoms with Gasteiger partial charge in [0.15, 0.2) is 5.96 Å². The van der Waals surface area contributed by atoms with Crippen molar-refractivity contribution in [2.24, 2.45) is 5.73 Å². The summed E-state index contributed by atoms with van der Waals surface area (Å²) in [5, 5.41) is 7.32. The van der Waals surface area contributed by atoms with Gasteiger partial charge in [0.2, 0.25) is 0 Å². The molecule has 1 aliphatic heterocycles. The first-order chi connectivity index (χ1) is 5.22. The lowest BCUT2D eigenvalue weighted by Crippen LogP contribution is -2.42. The van der Waals surface area contributed by atoms with Gasteiger partial charge in [-0.05, 0) is 19.8 Å². The molecule has 1 aliphatic rings. The van der Waals surface area contributed by atoms with Crippen molar-refractivity contribution in [1.29, 1.82) is 5.41 Å². The van der Waals surface area contributed by atoms with Crippen LogP contribution in [0.4, 0.5) is 0 Å². The highest BCUT2D eigenvalue weighted by molar-refractivity contribution is 5.74. The first-order valence-corrected chi connectivity index (χ1v) is 4.32. The summed E-state index contributed by atoms with van der Waals surface area (Å²) in [4.78, 5) is 1.99. The Bertz CT molecular complexity index is 144. The van der Waals surface area contributed by atoms with Gasteiger partial charge in [0.25, 0.3) is 0 Å². The SMILES string of the molecule is CC1CCCCCN1C(=N)N. The van der Waals surface area contributed by atoms with Gasteiger partial charge < -0.3 is 10.6 Å². The molecule has 0 radical (unpaired) electrons. The van der Waals surface area contributed by atoms with Crippen molar-refractivity contribution in [1.82, 2.24) is 4.90 Å². The third-order valence-electron chi connectivity index (χ3n) is 2.36. The summed E-state index contributed by atoms with van der Waals surface area (Å²) in [6.07, 6.45) is 4.93. The molecule has 0 amide bonds. The van der Waals surface area contributed by atoms with E-state index in [-0.39, 0.29) is 5.96 Å². The van der Waals surface area contributed by atoms with Crippen LogP contribution in [-0.2, 0) is 0 Å². The van der Waals surface area contributed by atoms with Crippen molar-refractivity contribution < 1.29 is 0 Å². The lowest BCUT2D eigenvalue weighted by molar-refractivity contribution is 0.331. The summed E-state index contributed by atoms with van der Waals surface area (Å²) in [7, 11) is 0. The molecule has 11 heavy (non-hydrogen) atoms. The summed E-state index contributed by atoms with van der Waals surface area (Å²) < 4.78 is 0. The van der Waals surface area contributed by atoms with Crippen molar-refractivity contribution in [2.75, 3.05) is 6.54 Å². The number of hydrogen-bond donors (Lipinski definition) is 2. The first-order valence-electron chi connectivity index (χ1n) is 4.32. The van der Waals surface area contributed by atoms with Crippen LogP contribution in [0.1, 0.15) is 32.6 Å². The Labute approximate surface area is 68.1 Å². The van der Waals surface area contributed by atoms with Crippen molar-refractivity contribution in [3.63, 3.8) is 0 Å². The Morgan fingerprint density at radius 1 is 1.45 bits per heavy atom. The monoisotopic (exact) mass is 155 g/mol. The topological polar surface area (TPSA) is 53.1 Å². The lowest BCUT2D eigenvalue weighted by atomic mass is 10.1. The Morgan fingerprint density at radius 2 is 2.18 bits per heavy atom. The highest BCUT2D eigenvalue weighted by atomic mass is 15.2. The van der Waals surface area contributed by atoms with E-state index in [0.717, 1.165) is 6.54 Å². The van der Waals surface area contributed by atoms with Crippen LogP contribution in [0.2, 0.25) is 0 Å². The Morgan fingerprint density at radius 3 is 2.82 bits per heavy atom. The Hall–Kier alpha value is -0.730. The van der Waals surface area contributed by atoms with E-state index in [4.69, 9.17) is 11.1 Å². The van der Waals surface area contributed by atoms with Gasteiger partial charge in [-0.3, -0.25) is 5.41 Å². The number of nitrogens with zero attached hydrogens (tertiary/aromatic N) is 1. The number of hydrogen-bond acceptors (Lipinski definition) is 1. The lowest BCUT2D eigenvalue weighted by Gasteiger charge is -2.26. The molecule has 64 valence electrons. The zero-order chi connectivity index (χ0) is 8.27. The molecule has 0 aromatic heterocycles. The molecule has 3 heteroatoms. The summed E-state index contributed by atoms with van der Waals surface area (Å²) >= 11 is 0. The van der Waals surface area contributed by atoms with Gasteiger partial charge in [-0.15, -0.1) is 0 Å². The van der Waals surface area contributed by atoms with Crippen LogP contribution in [0, 0.1) is 5.41 Å². The second-order valence-electron chi connectivity index (χ2n) is 3.28. The van der Waals surface area contributed by atoms with E-state index in [0.29, 0.717) is 6.04 Å². The minimum absolute atomic E-state index is 0.236. The van der Waals surface area contributed by atoms with Gasteiger partial charge in [0, 0.05) is 12.6 Å². The van der Waals surface area contributed by atoms with Crippen LogP contribution in [0.15, 0.2) is 0 Å². The van der Waals surface area contributed by atoms with Gasteiger partial charge >= 0.3 is 0 Å². The van der Waals surface area contributed by atoms with E-state index in [9.17, 15) is 0 Å². The second kappa shape index (κ2) is 3.60. The zero-order valence-corrected chi connectivity index (χ0v) is 7.14. The van der Waals surface area contributed by atoms with Gasteiger partial charge in [-0.25, -0.2) is 0 Å². The molecule has 0 saturated carbocycles. The fraction of sp³-hybridized carbons (Fsp3) is 0.875. The minimum atomic E-state index is 0.236. The van der Waals surface area contributed by atoms with E-state index in [1.54, 1.807) is 0 Å². The van der Waals surface area contributed by atoms with Crippen LogP contribution in [0.3, 0.4) is 0 Å². The number of nitrogens with one attached hydrogen (secondary N) is 1. The van der Waals surface area contributed by atoms with Crippen LogP contribution < -0.4 is 5.73 Å². The van der Waals surface area contributed by atoms with E-state index in [1.165, 1.54) is 25.7 Å². The molecule has 0 spiro atoms. The number of nitrogens with two attached hydrogens (primary N) is 1. The molecule has 1 rings (SSSR count). The Balaban J connectivity index is 2.52. The average molecular weight is 155 g/mol. The van der Waals surface area contributed by atoms with Crippen LogP contribution >= 0.6 is 0 Å². The van der Waals surface area contributed by atoms with Gasteiger partial charge in [-0.1, -0.05) is 12.8 Å². The molecule has 0 bridgehead atoms. The Kier molecular flexibility index (Phi) is 2.74. The van der Waals surface area contributed by atoms with Crippen molar-refractivity contribution >= 4 is 5.96 Å². The maximum atomic E-state index is 7.32. The quantitative estimate of drug-likeness (QED) is 0.407. The maximum Gasteiger partial charge on any atom is 0.188 e. The van der Waals surface area contributed by atoms with Crippen molar-refractivity contribution in [3.8, 4) is 0 Å². The maximum absolute atomic E-state index is 7.32. The number of guanidine groups is 1. The molecule has 1 heterocycles. The average Bonchev–Trinajstić information content (AvgIpc) is 2.13. The van der Waals surface area contributed by atoms with Crippen LogP contribution in [0.5, 0.6) is 0 Å². The molecular weight excluding hydrogens is 138 g/mol. The zero-order valence-electron chi connectivity index (χ0n) is 7.14. The molecule has 0 aromatic carbocycles. The molecule has 1 atom stereocenters. The minimum Gasteiger partial charge on any atom is -0.370 e. The third kappa shape index (κ3) is 2.10. The summed E-state index contributed by atoms with van der Waals surface area (Å²) in [6.45, 7) is 3.11. The largest absolute Gasteiger partial charge is 0.370 e. The van der Waals surface area contributed by atoms with E-state index < -0.39 is 0 Å². The van der Waals surface area contributed by atoms with E-state index >= 15 is 0 Å². The molecule has 3 nitrogen and oxygen atoms in total. The molecule has 1 unspecified atom stereocenters. The molecule has 0 aromatic rings. The predicted molar refractivity (Wildman–Crippen MR) is 46.6 cm³/mol. The molecule has 1 fully saturated rings.